The number of hydrogen-bond donors (Lipinski definition) is 2. The smallest absolute Gasteiger partial charge is 0.343 e. The van der Waals surface area contributed by atoms with Crippen LogP contribution in [0.5, 0.6) is 0 Å². The zero-order chi connectivity index (χ0) is 34.3. The minimum atomic E-state index is -0.610. The SMILES string of the molecule is C[CH+]c1nn(-c2ccnc(-n3nc(C4CC4C)c(N=Nc4c(C(=O)OC)cnn4C)c3N)n2)c(N)c1N=Nc1c(C(=O)OC)cnn1C. The van der Waals surface area contributed by atoms with Crippen molar-refractivity contribution in [1.29, 1.82) is 0 Å². The van der Waals surface area contributed by atoms with Crippen molar-refractivity contribution in [2.45, 2.75) is 26.2 Å². The second-order valence-electron chi connectivity index (χ2n) is 10.8. The lowest BCUT2D eigenvalue weighted by atomic mass is 10.2. The van der Waals surface area contributed by atoms with E-state index in [4.69, 9.17) is 26.0 Å². The van der Waals surface area contributed by atoms with Gasteiger partial charge in [0.05, 0.1) is 38.7 Å². The zero-order valence-corrected chi connectivity index (χ0v) is 26.8. The molecule has 5 aromatic rings. The highest BCUT2D eigenvalue weighted by molar-refractivity contribution is 5.94. The van der Waals surface area contributed by atoms with Gasteiger partial charge < -0.3 is 20.9 Å². The summed E-state index contributed by atoms with van der Waals surface area (Å²) in [4.78, 5) is 33.4. The van der Waals surface area contributed by atoms with Gasteiger partial charge in [0, 0.05) is 39.2 Å². The monoisotopic (exact) mass is 655 g/mol. The Morgan fingerprint density at radius 3 is 2.00 bits per heavy atom. The number of esters is 2. The molecule has 5 heterocycles. The lowest BCUT2D eigenvalue weighted by Crippen LogP contribution is -2.11. The summed E-state index contributed by atoms with van der Waals surface area (Å²) < 4.78 is 15.2. The molecule has 48 heavy (non-hydrogen) atoms. The van der Waals surface area contributed by atoms with Crippen LogP contribution in [0.1, 0.15) is 58.3 Å². The molecule has 0 saturated heterocycles. The minimum Gasteiger partial charge on any atom is -0.465 e. The van der Waals surface area contributed by atoms with Crippen molar-refractivity contribution in [3.05, 3.63) is 53.6 Å². The summed E-state index contributed by atoms with van der Waals surface area (Å²) in [7, 11) is 5.78. The molecule has 0 aromatic carbocycles. The van der Waals surface area contributed by atoms with E-state index in [0.29, 0.717) is 23.0 Å². The Labute approximate surface area is 272 Å². The van der Waals surface area contributed by atoms with Gasteiger partial charge in [0.15, 0.2) is 29.0 Å². The van der Waals surface area contributed by atoms with Crippen LogP contribution in [0.25, 0.3) is 11.8 Å². The van der Waals surface area contributed by atoms with Crippen molar-refractivity contribution in [2.24, 2.45) is 40.5 Å². The maximum absolute atomic E-state index is 12.2. The standard InChI is InChI=1S/C28H30N16O4/c1-7-17-20(35-37-24-15(26(45)47-5)11-32-41(24)3)22(29)43(39-17)18-8-9-31-28(34-18)44-23(30)21(19(40-44)14-10-13(14)2)36-38-25-16(27(46)48-6)12-33-42(25)4/h7-9,11-14H,10H2,1-6H3,(H3-,29,30,32,33,37,38,39,40,45,46)/p+1. The maximum atomic E-state index is 12.2. The number of rotatable bonds is 10. The maximum Gasteiger partial charge on any atom is 0.343 e. The van der Waals surface area contributed by atoms with E-state index in [1.807, 2.05) is 0 Å². The highest BCUT2D eigenvalue weighted by Gasteiger charge is 2.40. The Balaban J connectivity index is 1.37. The fourth-order valence-electron chi connectivity index (χ4n) is 4.92. The molecule has 0 bridgehead atoms. The highest BCUT2D eigenvalue weighted by atomic mass is 16.5. The van der Waals surface area contributed by atoms with E-state index in [2.05, 4.69) is 52.6 Å². The van der Waals surface area contributed by atoms with Crippen molar-refractivity contribution < 1.29 is 19.1 Å². The second kappa shape index (κ2) is 12.4. The molecule has 6 rings (SSSR count). The normalized spacial score (nSPS) is 15.8. The van der Waals surface area contributed by atoms with Crippen LogP contribution in [0.4, 0.5) is 34.6 Å². The van der Waals surface area contributed by atoms with Gasteiger partial charge in [-0.05, 0) is 17.5 Å². The van der Waals surface area contributed by atoms with E-state index in [9.17, 15) is 9.59 Å². The van der Waals surface area contributed by atoms with Gasteiger partial charge in [-0.3, -0.25) is 0 Å². The number of carbonyl (C=O) groups excluding carboxylic acids is 2. The molecule has 2 atom stereocenters. The molecule has 0 radical (unpaired) electrons. The number of nitrogens with two attached hydrogens (primary N) is 2. The summed E-state index contributed by atoms with van der Waals surface area (Å²) in [6.07, 6.45) is 6.78. The lowest BCUT2D eigenvalue weighted by molar-refractivity contribution is 0.0592. The average Bonchev–Trinajstić information content (AvgIpc) is 3.35. The Hall–Kier alpha value is -6.47. The average molecular weight is 656 g/mol. The van der Waals surface area contributed by atoms with Gasteiger partial charge in [0.2, 0.25) is 5.82 Å². The van der Waals surface area contributed by atoms with E-state index in [1.54, 1.807) is 33.5 Å². The molecular formula is C28H31N16O4+. The van der Waals surface area contributed by atoms with Crippen LogP contribution in [-0.4, -0.2) is 75.2 Å². The van der Waals surface area contributed by atoms with Gasteiger partial charge in [-0.15, -0.1) is 20.4 Å². The van der Waals surface area contributed by atoms with Gasteiger partial charge in [-0.2, -0.15) is 29.6 Å². The molecule has 4 N–H and O–H groups in total. The fraction of sp³-hybridized carbons (Fsp3) is 0.321. The van der Waals surface area contributed by atoms with Crippen molar-refractivity contribution in [3.8, 4) is 11.8 Å². The van der Waals surface area contributed by atoms with Crippen LogP contribution in [0.2, 0.25) is 0 Å². The van der Waals surface area contributed by atoms with Gasteiger partial charge in [0.25, 0.3) is 17.3 Å². The molecule has 1 saturated carbocycles. The molecule has 20 heteroatoms. The molecule has 0 amide bonds. The summed E-state index contributed by atoms with van der Waals surface area (Å²) in [5.41, 5.74) is 15.0. The fourth-order valence-corrected chi connectivity index (χ4v) is 4.92. The first-order chi connectivity index (χ1) is 23.1. The van der Waals surface area contributed by atoms with Crippen LogP contribution in [0, 0.1) is 12.3 Å². The topological polar surface area (TPSA) is 251 Å². The second-order valence-corrected chi connectivity index (χ2v) is 10.8. The molecule has 20 nitrogen and oxygen atoms in total. The largest absolute Gasteiger partial charge is 0.465 e. The lowest BCUT2D eigenvalue weighted by Gasteiger charge is -2.05. The van der Waals surface area contributed by atoms with Crippen molar-refractivity contribution in [2.75, 3.05) is 25.7 Å². The summed E-state index contributed by atoms with van der Waals surface area (Å²) in [5.74, 6) is 0.258. The van der Waals surface area contributed by atoms with Crippen LogP contribution in [-0.2, 0) is 23.6 Å². The first-order valence-corrected chi connectivity index (χ1v) is 14.5. The number of nitrogen functional groups attached to an aromatic ring is 2. The summed E-state index contributed by atoms with van der Waals surface area (Å²) in [5, 5.41) is 34.7. The molecule has 2 unspecified atom stereocenters. The number of hydrogen-bond acceptors (Lipinski definition) is 16. The van der Waals surface area contributed by atoms with Crippen molar-refractivity contribution in [3.63, 3.8) is 0 Å². The Bertz CT molecular complexity index is 2100. The number of anilines is 2. The number of carbonyl (C=O) groups is 2. The summed E-state index contributed by atoms with van der Waals surface area (Å²) >= 11 is 0. The minimum absolute atomic E-state index is 0.0914. The van der Waals surface area contributed by atoms with E-state index in [-0.39, 0.29) is 57.8 Å². The Morgan fingerprint density at radius 2 is 1.46 bits per heavy atom. The van der Waals surface area contributed by atoms with Gasteiger partial charge in [0.1, 0.15) is 11.1 Å². The third-order valence-corrected chi connectivity index (χ3v) is 7.73. The van der Waals surface area contributed by atoms with Crippen LogP contribution >= 0.6 is 0 Å². The molecule has 1 aliphatic carbocycles. The Kier molecular flexibility index (Phi) is 8.13. The number of ether oxygens (including phenoxy) is 2. The molecule has 1 fully saturated rings. The van der Waals surface area contributed by atoms with Crippen LogP contribution < -0.4 is 11.5 Å². The van der Waals surface area contributed by atoms with Crippen molar-refractivity contribution >= 4 is 46.6 Å². The highest BCUT2D eigenvalue weighted by Crippen LogP contribution is 2.51. The number of azo groups is 2. The summed E-state index contributed by atoms with van der Waals surface area (Å²) in [6.45, 7) is 3.86. The predicted molar refractivity (Wildman–Crippen MR) is 168 cm³/mol. The van der Waals surface area contributed by atoms with Gasteiger partial charge in [-0.1, -0.05) is 6.92 Å². The van der Waals surface area contributed by atoms with E-state index < -0.39 is 11.9 Å². The quantitative estimate of drug-likeness (QED) is 0.124. The van der Waals surface area contributed by atoms with Crippen LogP contribution in [0.15, 0.2) is 45.1 Å². The number of methoxy groups -OCH3 is 2. The number of nitrogens with zero attached hydrogens (tertiary/aromatic N) is 14. The van der Waals surface area contributed by atoms with E-state index >= 15 is 0 Å². The van der Waals surface area contributed by atoms with E-state index in [1.165, 1.54) is 51.5 Å². The third kappa shape index (κ3) is 5.48. The third-order valence-electron chi connectivity index (χ3n) is 7.73. The predicted octanol–water partition coefficient (Wildman–Crippen LogP) is 3.58. The van der Waals surface area contributed by atoms with Gasteiger partial charge >= 0.3 is 11.9 Å². The zero-order valence-electron chi connectivity index (χ0n) is 26.8. The molecule has 0 aliphatic heterocycles. The van der Waals surface area contributed by atoms with Crippen LogP contribution in [0.3, 0.4) is 0 Å². The number of aromatic nitrogens is 10. The van der Waals surface area contributed by atoms with E-state index in [0.717, 1.165) is 6.42 Å². The van der Waals surface area contributed by atoms with Gasteiger partial charge in [-0.25, -0.2) is 23.9 Å². The molecule has 246 valence electrons. The first-order valence-electron chi connectivity index (χ1n) is 14.5. The molecule has 1 aliphatic rings. The Morgan fingerprint density at radius 1 is 0.896 bits per heavy atom. The first kappa shape index (κ1) is 31.5. The molecule has 0 spiro atoms. The van der Waals surface area contributed by atoms with Crippen molar-refractivity contribution in [1.82, 2.24) is 49.1 Å². The number of aryl methyl sites for hydroxylation is 2. The molecular weight excluding hydrogens is 624 g/mol. The summed E-state index contributed by atoms with van der Waals surface area (Å²) in [6, 6.07) is 1.60. The molecule has 5 aromatic heterocycles.